The van der Waals surface area contributed by atoms with Crippen LogP contribution in [-0.4, -0.2) is 41.3 Å². The van der Waals surface area contributed by atoms with Crippen molar-refractivity contribution in [2.24, 2.45) is 0 Å². The van der Waals surface area contributed by atoms with Gasteiger partial charge >= 0.3 is 0 Å². The normalized spacial score (nSPS) is 15.5. The average Bonchev–Trinajstić information content (AvgIpc) is 2.70. The van der Waals surface area contributed by atoms with Crippen LogP contribution in [0.5, 0.6) is 5.75 Å². The topological polar surface area (TPSA) is 67.9 Å². The van der Waals surface area contributed by atoms with Gasteiger partial charge < -0.3 is 14.4 Å². The fourth-order valence-electron chi connectivity index (χ4n) is 3.23. The lowest BCUT2D eigenvalue weighted by Crippen LogP contribution is -2.36. The van der Waals surface area contributed by atoms with Gasteiger partial charge in [-0.25, -0.2) is 12.8 Å². The van der Waals surface area contributed by atoms with E-state index in [1.54, 1.807) is 26.2 Å². The molecule has 0 radical (unpaired) electrons. The fourth-order valence-corrected chi connectivity index (χ4v) is 4.30. The standard InChI is InChI=1S/C20H25FN2O4S/c1-3-27-20-9-8-18(14-19(20)21)28(24,25)22-15-4-6-16(7-5-15)23-12-10-17(26-2)11-13-23/h4-9,14,17,22H,3,10-13H2,1-2H3. The number of hydrogen-bond acceptors (Lipinski definition) is 5. The van der Waals surface area contributed by atoms with Gasteiger partial charge in [0.1, 0.15) is 0 Å². The van der Waals surface area contributed by atoms with Crippen molar-refractivity contribution in [2.75, 3.05) is 36.4 Å². The number of ether oxygens (including phenoxy) is 2. The number of nitrogens with zero attached hydrogens (tertiary/aromatic N) is 1. The van der Waals surface area contributed by atoms with Crippen LogP contribution in [0, 0.1) is 5.82 Å². The van der Waals surface area contributed by atoms with Crippen molar-refractivity contribution >= 4 is 21.4 Å². The Bertz CT molecular complexity index is 895. The van der Waals surface area contributed by atoms with Crippen molar-refractivity contribution in [1.82, 2.24) is 0 Å². The van der Waals surface area contributed by atoms with E-state index in [0.717, 1.165) is 37.7 Å². The van der Waals surface area contributed by atoms with E-state index in [0.29, 0.717) is 18.4 Å². The number of anilines is 2. The maximum atomic E-state index is 14.0. The summed E-state index contributed by atoms with van der Waals surface area (Å²) in [7, 11) is -2.16. The zero-order chi connectivity index (χ0) is 20.1. The minimum atomic E-state index is -3.89. The van der Waals surface area contributed by atoms with Crippen molar-refractivity contribution in [2.45, 2.75) is 30.8 Å². The number of benzene rings is 2. The van der Waals surface area contributed by atoms with Gasteiger partial charge in [-0.05, 0) is 62.2 Å². The van der Waals surface area contributed by atoms with Crippen LogP contribution in [0.1, 0.15) is 19.8 Å². The third-order valence-electron chi connectivity index (χ3n) is 4.77. The molecule has 0 spiro atoms. The maximum absolute atomic E-state index is 14.0. The third kappa shape index (κ3) is 4.74. The van der Waals surface area contributed by atoms with Gasteiger partial charge in [0.15, 0.2) is 11.6 Å². The molecule has 1 saturated heterocycles. The van der Waals surface area contributed by atoms with Gasteiger partial charge in [0.05, 0.1) is 17.6 Å². The lowest BCUT2D eigenvalue weighted by Gasteiger charge is -2.33. The van der Waals surface area contributed by atoms with Gasteiger partial charge in [-0.3, -0.25) is 4.72 Å². The molecule has 8 heteroatoms. The molecule has 2 aromatic carbocycles. The van der Waals surface area contributed by atoms with E-state index >= 15 is 0 Å². The van der Waals surface area contributed by atoms with Crippen LogP contribution >= 0.6 is 0 Å². The molecule has 1 N–H and O–H groups in total. The summed E-state index contributed by atoms with van der Waals surface area (Å²) in [5.41, 5.74) is 1.45. The molecule has 6 nitrogen and oxygen atoms in total. The number of halogens is 1. The van der Waals surface area contributed by atoms with Gasteiger partial charge in [-0.15, -0.1) is 0 Å². The first-order valence-corrected chi connectivity index (χ1v) is 10.7. The van der Waals surface area contributed by atoms with Gasteiger partial charge in [-0.1, -0.05) is 0 Å². The smallest absolute Gasteiger partial charge is 0.262 e. The molecule has 1 fully saturated rings. The van der Waals surface area contributed by atoms with E-state index in [1.807, 2.05) is 12.1 Å². The van der Waals surface area contributed by atoms with Crippen LogP contribution in [0.15, 0.2) is 47.4 Å². The first kappa shape index (κ1) is 20.4. The molecule has 1 heterocycles. The van der Waals surface area contributed by atoms with Crippen molar-refractivity contribution in [3.8, 4) is 5.75 Å². The second-order valence-electron chi connectivity index (χ2n) is 6.60. The van der Waals surface area contributed by atoms with Crippen LogP contribution in [0.25, 0.3) is 0 Å². The van der Waals surface area contributed by atoms with Crippen molar-refractivity contribution in [1.29, 1.82) is 0 Å². The van der Waals surface area contributed by atoms with E-state index in [1.165, 1.54) is 12.1 Å². The van der Waals surface area contributed by atoms with E-state index in [2.05, 4.69) is 9.62 Å². The Kier molecular flexibility index (Phi) is 6.41. The van der Waals surface area contributed by atoms with E-state index in [4.69, 9.17) is 9.47 Å². The minimum absolute atomic E-state index is 0.0306. The molecular formula is C20H25FN2O4S. The van der Waals surface area contributed by atoms with Crippen LogP contribution in [0.3, 0.4) is 0 Å². The third-order valence-corrected chi connectivity index (χ3v) is 6.15. The van der Waals surface area contributed by atoms with Crippen molar-refractivity contribution < 1.29 is 22.3 Å². The van der Waals surface area contributed by atoms with Gasteiger partial charge in [-0.2, -0.15) is 0 Å². The highest BCUT2D eigenvalue weighted by molar-refractivity contribution is 7.92. The van der Waals surface area contributed by atoms with Gasteiger partial charge in [0, 0.05) is 31.6 Å². The Morgan fingerprint density at radius 1 is 1.14 bits per heavy atom. The predicted octanol–water partition coefficient (Wildman–Crippen LogP) is 3.64. The summed E-state index contributed by atoms with van der Waals surface area (Å²) in [5.74, 6) is -0.678. The largest absolute Gasteiger partial charge is 0.491 e. The second kappa shape index (κ2) is 8.79. The molecule has 0 amide bonds. The molecule has 0 unspecified atom stereocenters. The second-order valence-corrected chi connectivity index (χ2v) is 8.28. The number of methoxy groups -OCH3 is 1. The van der Waals surface area contributed by atoms with E-state index in [9.17, 15) is 12.8 Å². The van der Waals surface area contributed by atoms with E-state index in [-0.39, 0.29) is 10.6 Å². The average molecular weight is 408 g/mol. The van der Waals surface area contributed by atoms with Crippen molar-refractivity contribution in [3.05, 3.63) is 48.3 Å². The van der Waals surface area contributed by atoms with Crippen LogP contribution in [0.2, 0.25) is 0 Å². The Morgan fingerprint density at radius 3 is 2.39 bits per heavy atom. The zero-order valence-corrected chi connectivity index (χ0v) is 16.8. The number of piperidine rings is 1. The molecule has 28 heavy (non-hydrogen) atoms. The predicted molar refractivity (Wildman–Crippen MR) is 107 cm³/mol. The molecule has 1 aliphatic heterocycles. The molecule has 152 valence electrons. The summed E-state index contributed by atoms with van der Waals surface area (Å²) in [5, 5.41) is 0. The summed E-state index contributed by atoms with van der Waals surface area (Å²) in [6, 6.07) is 10.8. The number of rotatable bonds is 7. The van der Waals surface area contributed by atoms with Crippen LogP contribution in [0.4, 0.5) is 15.8 Å². The minimum Gasteiger partial charge on any atom is -0.491 e. The first-order chi connectivity index (χ1) is 13.4. The molecule has 0 bridgehead atoms. The quantitative estimate of drug-likeness (QED) is 0.758. The fraction of sp³-hybridized carbons (Fsp3) is 0.400. The molecular weight excluding hydrogens is 383 g/mol. The van der Waals surface area contributed by atoms with E-state index < -0.39 is 15.8 Å². The number of sulfonamides is 1. The summed E-state index contributed by atoms with van der Waals surface area (Å²) < 4.78 is 52.0. The SMILES string of the molecule is CCOc1ccc(S(=O)(=O)Nc2ccc(N3CCC(OC)CC3)cc2)cc1F. The highest BCUT2D eigenvalue weighted by atomic mass is 32.2. The number of nitrogens with one attached hydrogen (secondary N) is 1. The van der Waals surface area contributed by atoms with Crippen LogP contribution in [-0.2, 0) is 14.8 Å². The summed E-state index contributed by atoms with van der Waals surface area (Å²) in [6.45, 7) is 3.83. The lowest BCUT2D eigenvalue weighted by molar-refractivity contribution is 0.0819. The monoisotopic (exact) mass is 408 g/mol. The van der Waals surface area contributed by atoms with Crippen molar-refractivity contribution in [3.63, 3.8) is 0 Å². The summed E-state index contributed by atoms with van der Waals surface area (Å²) >= 11 is 0. The Balaban J connectivity index is 1.68. The zero-order valence-electron chi connectivity index (χ0n) is 16.0. The van der Waals surface area contributed by atoms with Crippen LogP contribution < -0.4 is 14.4 Å². The molecule has 0 aromatic heterocycles. The molecule has 0 atom stereocenters. The summed E-state index contributed by atoms with van der Waals surface area (Å²) in [6.07, 6.45) is 2.24. The Labute approximate surface area is 165 Å². The molecule has 3 rings (SSSR count). The molecule has 1 aliphatic rings. The molecule has 0 aliphatic carbocycles. The Hall–Kier alpha value is -2.32. The first-order valence-electron chi connectivity index (χ1n) is 9.26. The summed E-state index contributed by atoms with van der Waals surface area (Å²) in [4.78, 5) is 2.09. The molecule has 2 aromatic rings. The maximum Gasteiger partial charge on any atom is 0.262 e. The highest BCUT2D eigenvalue weighted by Gasteiger charge is 2.20. The number of hydrogen-bond donors (Lipinski definition) is 1. The van der Waals surface area contributed by atoms with Gasteiger partial charge in [0.2, 0.25) is 0 Å². The van der Waals surface area contributed by atoms with Gasteiger partial charge in [0.25, 0.3) is 10.0 Å². The molecule has 0 saturated carbocycles. The lowest BCUT2D eigenvalue weighted by atomic mass is 10.1. The Morgan fingerprint density at radius 2 is 1.82 bits per heavy atom. The highest BCUT2D eigenvalue weighted by Crippen LogP contribution is 2.26.